The highest BCUT2D eigenvalue weighted by Gasteiger charge is 2.25. The number of hydrogen-bond donors (Lipinski definition) is 2. The highest BCUT2D eigenvalue weighted by molar-refractivity contribution is 5.87. The molecule has 0 fully saturated rings. The van der Waals surface area contributed by atoms with Crippen LogP contribution in [0, 0.1) is 0 Å². The predicted molar refractivity (Wildman–Crippen MR) is 59.5 cm³/mol. The van der Waals surface area contributed by atoms with Crippen LogP contribution in [0.3, 0.4) is 0 Å². The minimum atomic E-state index is -0.929. The van der Waals surface area contributed by atoms with Gasteiger partial charge < -0.3 is 15.4 Å². The van der Waals surface area contributed by atoms with Crippen molar-refractivity contribution < 1.29 is 9.90 Å². The third-order valence-electron chi connectivity index (χ3n) is 3.00. The predicted octanol–water partition coefficient (Wildman–Crippen LogP) is 0.807. The fourth-order valence-corrected chi connectivity index (χ4v) is 2.24. The molecule has 1 aliphatic rings. The molecule has 1 unspecified atom stereocenters. The molecule has 2 rings (SSSR count). The second-order valence-corrected chi connectivity index (χ2v) is 4.29. The molecule has 1 aromatic rings. The summed E-state index contributed by atoms with van der Waals surface area (Å²) in [6.07, 6.45) is 3.34. The molecule has 0 saturated carbocycles. The molecule has 5 nitrogen and oxygen atoms in total. The van der Waals surface area contributed by atoms with Gasteiger partial charge in [0.15, 0.2) is 5.69 Å². The molecule has 0 bridgehead atoms. The highest BCUT2D eigenvalue weighted by Crippen LogP contribution is 2.21. The average Bonchev–Trinajstić information content (AvgIpc) is 2.58. The second-order valence-electron chi connectivity index (χ2n) is 4.29. The van der Waals surface area contributed by atoms with Crippen LogP contribution in [0.4, 0.5) is 0 Å². The van der Waals surface area contributed by atoms with Gasteiger partial charge in [0.1, 0.15) is 5.82 Å². The number of aromatic nitrogens is 2. The normalized spacial score (nSPS) is 19.5. The van der Waals surface area contributed by atoms with Gasteiger partial charge in [0, 0.05) is 19.0 Å². The molecule has 0 aromatic carbocycles. The zero-order chi connectivity index (χ0) is 11.7. The Bertz CT molecular complexity index is 412. The Balaban J connectivity index is 2.44. The van der Waals surface area contributed by atoms with Gasteiger partial charge in [0.25, 0.3) is 0 Å². The minimum Gasteiger partial charge on any atom is -0.476 e. The van der Waals surface area contributed by atoms with Crippen LogP contribution in [0.15, 0.2) is 0 Å². The highest BCUT2D eigenvalue weighted by atomic mass is 16.4. The van der Waals surface area contributed by atoms with Gasteiger partial charge in [-0.3, -0.25) is 0 Å². The van der Waals surface area contributed by atoms with Crippen molar-refractivity contribution in [2.45, 2.75) is 45.2 Å². The number of aromatic carboxylic acids is 1. The van der Waals surface area contributed by atoms with Gasteiger partial charge in [-0.1, -0.05) is 6.92 Å². The first-order valence-corrected chi connectivity index (χ1v) is 5.70. The molecule has 2 heterocycles. The molecule has 3 N–H and O–H groups in total. The Kier molecular flexibility index (Phi) is 2.96. The lowest BCUT2D eigenvalue weighted by atomic mass is 10.0. The van der Waals surface area contributed by atoms with Gasteiger partial charge >= 0.3 is 5.97 Å². The van der Waals surface area contributed by atoms with Crippen molar-refractivity contribution in [2.75, 3.05) is 0 Å². The summed E-state index contributed by atoms with van der Waals surface area (Å²) in [6.45, 7) is 2.76. The number of aryl methyl sites for hydroxylation is 1. The maximum absolute atomic E-state index is 11.1. The van der Waals surface area contributed by atoms with Crippen molar-refractivity contribution in [2.24, 2.45) is 5.73 Å². The van der Waals surface area contributed by atoms with Crippen LogP contribution in [-0.4, -0.2) is 26.7 Å². The fraction of sp³-hybridized carbons (Fsp3) is 0.636. The number of hydrogen-bond acceptors (Lipinski definition) is 3. The zero-order valence-electron chi connectivity index (χ0n) is 9.44. The third kappa shape index (κ3) is 1.82. The van der Waals surface area contributed by atoms with Crippen molar-refractivity contribution in [3.63, 3.8) is 0 Å². The number of imidazole rings is 1. The van der Waals surface area contributed by atoms with E-state index in [9.17, 15) is 4.79 Å². The van der Waals surface area contributed by atoms with E-state index in [1.165, 1.54) is 0 Å². The van der Waals surface area contributed by atoms with Crippen LogP contribution >= 0.6 is 0 Å². The number of carboxylic acid groups (broad SMARTS) is 1. The van der Waals surface area contributed by atoms with E-state index in [2.05, 4.69) is 11.9 Å². The van der Waals surface area contributed by atoms with Crippen molar-refractivity contribution >= 4 is 5.97 Å². The summed E-state index contributed by atoms with van der Waals surface area (Å²) in [5.41, 5.74) is 6.97. The molecule has 0 radical (unpaired) electrons. The Hall–Kier alpha value is -1.36. The van der Waals surface area contributed by atoms with E-state index in [1.807, 2.05) is 4.57 Å². The number of fused-ring (bicyclic) bond motifs is 1. The summed E-state index contributed by atoms with van der Waals surface area (Å²) in [6, 6.07) is 0.124. The molecule has 1 aromatic heterocycles. The number of carbonyl (C=O) groups is 1. The maximum Gasteiger partial charge on any atom is 0.356 e. The topological polar surface area (TPSA) is 81.1 Å². The molecule has 0 amide bonds. The first kappa shape index (κ1) is 11.1. The largest absolute Gasteiger partial charge is 0.476 e. The summed E-state index contributed by atoms with van der Waals surface area (Å²) in [5, 5.41) is 9.08. The average molecular weight is 223 g/mol. The molecule has 5 heteroatoms. The molecular weight excluding hydrogens is 206 g/mol. The maximum atomic E-state index is 11.1. The number of carboxylic acids is 1. The van der Waals surface area contributed by atoms with Crippen LogP contribution < -0.4 is 5.73 Å². The summed E-state index contributed by atoms with van der Waals surface area (Å²) in [4.78, 5) is 15.3. The van der Waals surface area contributed by atoms with Crippen LogP contribution in [0.5, 0.6) is 0 Å². The van der Waals surface area contributed by atoms with E-state index in [-0.39, 0.29) is 11.7 Å². The zero-order valence-corrected chi connectivity index (χ0v) is 9.44. The molecule has 88 valence electrons. The number of nitrogens with zero attached hydrogens (tertiary/aromatic N) is 2. The lowest BCUT2D eigenvalue weighted by Crippen LogP contribution is -2.33. The molecular formula is C11H17N3O2. The van der Waals surface area contributed by atoms with Gasteiger partial charge in [0.2, 0.25) is 0 Å². The summed E-state index contributed by atoms with van der Waals surface area (Å²) < 4.78 is 2.00. The molecule has 16 heavy (non-hydrogen) atoms. The molecule has 0 saturated heterocycles. The summed E-state index contributed by atoms with van der Waals surface area (Å²) in [7, 11) is 0. The Morgan fingerprint density at radius 2 is 2.44 bits per heavy atom. The molecule has 1 atom stereocenters. The van der Waals surface area contributed by atoms with Crippen molar-refractivity contribution in [3.05, 3.63) is 17.2 Å². The Morgan fingerprint density at radius 1 is 1.69 bits per heavy atom. The van der Waals surface area contributed by atoms with Gasteiger partial charge in [-0.2, -0.15) is 0 Å². The van der Waals surface area contributed by atoms with E-state index in [1.54, 1.807) is 0 Å². The van der Waals surface area contributed by atoms with Gasteiger partial charge in [-0.05, 0) is 19.3 Å². The van der Waals surface area contributed by atoms with Crippen LogP contribution in [-0.2, 0) is 19.4 Å². The van der Waals surface area contributed by atoms with Crippen LogP contribution in [0.25, 0.3) is 0 Å². The first-order chi connectivity index (χ1) is 7.63. The lowest BCUT2D eigenvalue weighted by Gasteiger charge is -2.22. The standard InChI is InChI=1S/C11H17N3O2/c1-2-3-9-13-10(11(15)16)8-5-4-7(12)6-14(8)9/h7H,2-6,12H2,1H3,(H,15,16). The number of rotatable bonds is 3. The first-order valence-electron chi connectivity index (χ1n) is 5.70. The van der Waals surface area contributed by atoms with Gasteiger partial charge in [0.05, 0.1) is 5.69 Å². The third-order valence-corrected chi connectivity index (χ3v) is 3.00. The van der Waals surface area contributed by atoms with Gasteiger partial charge in [-0.15, -0.1) is 0 Å². The van der Waals surface area contributed by atoms with E-state index < -0.39 is 5.97 Å². The Labute approximate surface area is 94.3 Å². The summed E-state index contributed by atoms with van der Waals surface area (Å²) in [5.74, 6) is -0.0633. The molecule has 0 spiro atoms. The van der Waals surface area contributed by atoms with Crippen molar-refractivity contribution in [1.29, 1.82) is 0 Å². The van der Waals surface area contributed by atoms with E-state index in [0.29, 0.717) is 6.54 Å². The van der Waals surface area contributed by atoms with Crippen LogP contribution in [0.1, 0.15) is 41.8 Å². The quantitative estimate of drug-likeness (QED) is 0.794. The SMILES string of the molecule is CCCc1nc(C(=O)O)c2n1CC(N)CC2. The Morgan fingerprint density at radius 3 is 3.06 bits per heavy atom. The van der Waals surface area contributed by atoms with Gasteiger partial charge in [-0.25, -0.2) is 9.78 Å². The van der Waals surface area contributed by atoms with E-state index >= 15 is 0 Å². The van der Waals surface area contributed by atoms with E-state index in [4.69, 9.17) is 10.8 Å². The van der Waals surface area contributed by atoms with E-state index in [0.717, 1.165) is 37.2 Å². The molecule has 0 aliphatic carbocycles. The summed E-state index contributed by atoms with van der Waals surface area (Å²) >= 11 is 0. The smallest absolute Gasteiger partial charge is 0.356 e. The fourth-order valence-electron chi connectivity index (χ4n) is 2.24. The second kappa shape index (κ2) is 4.25. The van der Waals surface area contributed by atoms with Crippen LogP contribution in [0.2, 0.25) is 0 Å². The molecule has 1 aliphatic heterocycles. The monoisotopic (exact) mass is 223 g/mol. The number of nitrogens with two attached hydrogens (primary N) is 1. The lowest BCUT2D eigenvalue weighted by molar-refractivity contribution is 0.0689. The minimum absolute atomic E-state index is 0.124. The van der Waals surface area contributed by atoms with Crippen molar-refractivity contribution in [1.82, 2.24) is 9.55 Å². The van der Waals surface area contributed by atoms with Crippen molar-refractivity contribution in [3.8, 4) is 0 Å².